The summed E-state index contributed by atoms with van der Waals surface area (Å²) in [7, 11) is 0. The molecule has 2 nitrogen and oxygen atoms in total. The van der Waals surface area contributed by atoms with E-state index in [1.54, 1.807) is 0 Å². The molecule has 2 heterocycles. The molecule has 1 N–H and O–H groups in total. The molecule has 0 saturated carbocycles. The van der Waals surface area contributed by atoms with Crippen molar-refractivity contribution in [2.45, 2.75) is 71.8 Å². The lowest BCUT2D eigenvalue weighted by Crippen LogP contribution is -2.18. The lowest BCUT2D eigenvalue weighted by Gasteiger charge is -2.26. The molecule has 0 amide bonds. The molecule has 3 heteroatoms. The highest BCUT2D eigenvalue weighted by molar-refractivity contribution is 7.19. The molecule has 0 aliphatic heterocycles. The minimum atomic E-state index is -0.409. The number of hydrogen-bond acceptors (Lipinski definition) is 3. The monoisotopic (exact) mass is 392 g/mol. The summed E-state index contributed by atoms with van der Waals surface area (Å²) in [5.41, 5.74) is 7.65. The number of pyridine rings is 1. The molecule has 147 valence electrons. The molecule has 1 radical (unpaired) electrons. The van der Waals surface area contributed by atoms with E-state index in [2.05, 4.69) is 51.5 Å². The third-order valence-corrected chi connectivity index (χ3v) is 7.30. The molecule has 0 spiro atoms. The first-order valence-corrected chi connectivity index (χ1v) is 11.3. The molecule has 3 aromatic rings. The lowest BCUT2D eigenvalue weighted by molar-refractivity contribution is 0.161. The average Bonchev–Trinajstić information content (AvgIpc) is 3.04. The van der Waals surface area contributed by atoms with Gasteiger partial charge in [-0.25, -0.2) is 4.98 Å². The molecule has 0 bridgehead atoms. The molecule has 2 atom stereocenters. The van der Waals surface area contributed by atoms with E-state index < -0.39 is 6.10 Å². The molecule has 0 fully saturated rings. The van der Waals surface area contributed by atoms with Crippen molar-refractivity contribution in [2.75, 3.05) is 0 Å². The van der Waals surface area contributed by atoms with Gasteiger partial charge in [-0.2, -0.15) is 0 Å². The average molecular weight is 393 g/mol. The molecule has 2 unspecified atom stereocenters. The molecule has 1 aromatic carbocycles. The second-order valence-electron chi connectivity index (χ2n) is 8.23. The Bertz CT molecular complexity index is 984. The number of aromatic nitrogens is 1. The van der Waals surface area contributed by atoms with Gasteiger partial charge in [0.15, 0.2) is 0 Å². The van der Waals surface area contributed by atoms with Gasteiger partial charge in [0.25, 0.3) is 0 Å². The fraction of sp³-hybridized carbons (Fsp3) is 0.440. The summed E-state index contributed by atoms with van der Waals surface area (Å²) >= 11 is 1.89. The Hall–Kier alpha value is -1.71. The van der Waals surface area contributed by atoms with E-state index >= 15 is 0 Å². The zero-order valence-corrected chi connectivity index (χ0v) is 18.2. The highest BCUT2D eigenvalue weighted by Gasteiger charge is 2.28. The smallest absolute Gasteiger partial charge is 0.124 e. The number of fused-ring (bicyclic) bond motifs is 3. The van der Waals surface area contributed by atoms with E-state index in [-0.39, 0.29) is 5.92 Å². The molecule has 1 aliphatic rings. The van der Waals surface area contributed by atoms with Crippen LogP contribution in [0, 0.1) is 20.3 Å². The molecule has 0 saturated heterocycles. The second kappa shape index (κ2) is 7.96. The fourth-order valence-corrected chi connectivity index (χ4v) is 6.02. The minimum absolute atomic E-state index is 0.0670. The predicted molar refractivity (Wildman–Crippen MR) is 120 cm³/mol. The zero-order valence-electron chi connectivity index (χ0n) is 17.4. The van der Waals surface area contributed by atoms with Crippen LogP contribution >= 0.6 is 11.3 Å². The summed E-state index contributed by atoms with van der Waals surface area (Å²) in [4.78, 5) is 7.76. The van der Waals surface area contributed by atoms with Gasteiger partial charge in [-0.1, -0.05) is 36.8 Å². The quantitative estimate of drug-likeness (QED) is 0.535. The number of thiophene rings is 1. The third kappa shape index (κ3) is 3.40. The van der Waals surface area contributed by atoms with Crippen molar-refractivity contribution in [3.8, 4) is 11.1 Å². The number of aliphatic hydroxyl groups excluding tert-OH is 1. The summed E-state index contributed by atoms with van der Waals surface area (Å²) in [6, 6.07) is 8.88. The number of aryl methyl sites for hydroxylation is 4. The van der Waals surface area contributed by atoms with Crippen molar-refractivity contribution in [3.63, 3.8) is 0 Å². The van der Waals surface area contributed by atoms with Crippen LogP contribution in [-0.2, 0) is 12.8 Å². The summed E-state index contributed by atoms with van der Waals surface area (Å²) in [6.07, 6.45) is 7.50. The van der Waals surface area contributed by atoms with Crippen LogP contribution in [0.3, 0.4) is 0 Å². The van der Waals surface area contributed by atoms with Gasteiger partial charge in [-0.15, -0.1) is 11.3 Å². The number of benzene rings is 1. The second-order valence-corrected chi connectivity index (χ2v) is 9.32. The Labute approximate surface area is 172 Å². The maximum Gasteiger partial charge on any atom is 0.124 e. The molecular weight excluding hydrogens is 362 g/mol. The third-order valence-electron chi connectivity index (χ3n) is 6.11. The Kier molecular flexibility index (Phi) is 5.57. The molecule has 2 aromatic heterocycles. The zero-order chi connectivity index (χ0) is 19.8. The van der Waals surface area contributed by atoms with Gasteiger partial charge in [-0.05, 0) is 81.5 Å². The van der Waals surface area contributed by atoms with E-state index in [1.165, 1.54) is 62.2 Å². The number of nitrogens with zero attached hydrogens (tertiary/aromatic N) is 1. The van der Waals surface area contributed by atoms with Gasteiger partial charge in [-0.3, -0.25) is 0 Å². The highest BCUT2D eigenvalue weighted by atomic mass is 32.1. The van der Waals surface area contributed by atoms with Crippen LogP contribution in [-0.4, -0.2) is 16.2 Å². The predicted octanol–water partition coefficient (Wildman–Crippen LogP) is 6.54. The topological polar surface area (TPSA) is 33.1 Å². The van der Waals surface area contributed by atoms with E-state index in [0.29, 0.717) is 0 Å². The van der Waals surface area contributed by atoms with E-state index in [9.17, 15) is 5.11 Å². The van der Waals surface area contributed by atoms with Crippen LogP contribution in [0.25, 0.3) is 21.3 Å². The van der Waals surface area contributed by atoms with Crippen molar-refractivity contribution in [3.05, 3.63) is 57.9 Å². The Balaban J connectivity index is 2.08. The van der Waals surface area contributed by atoms with Gasteiger partial charge in [0.1, 0.15) is 4.83 Å². The molecule has 1 aliphatic carbocycles. The SMILES string of the molecule is C[CH]CC(c1c(C)nc2sc3c(c2c1-c1ccc(C)cc1)CCCC3)C(C)O. The Morgan fingerprint density at radius 2 is 1.86 bits per heavy atom. The van der Waals surface area contributed by atoms with Gasteiger partial charge < -0.3 is 5.11 Å². The summed E-state index contributed by atoms with van der Waals surface area (Å²) < 4.78 is 0. The number of rotatable bonds is 5. The van der Waals surface area contributed by atoms with Gasteiger partial charge in [0.2, 0.25) is 0 Å². The van der Waals surface area contributed by atoms with Gasteiger partial charge in [0.05, 0.1) is 6.10 Å². The van der Waals surface area contributed by atoms with Crippen LogP contribution in [0.4, 0.5) is 0 Å². The van der Waals surface area contributed by atoms with Crippen LogP contribution < -0.4 is 0 Å². The normalized spacial score (nSPS) is 16.2. The minimum Gasteiger partial charge on any atom is -0.393 e. The maximum atomic E-state index is 10.7. The van der Waals surface area contributed by atoms with E-state index in [0.717, 1.165) is 18.5 Å². The van der Waals surface area contributed by atoms with Crippen molar-refractivity contribution in [1.29, 1.82) is 0 Å². The van der Waals surface area contributed by atoms with Crippen molar-refractivity contribution >= 4 is 21.6 Å². The highest BCUT2D eigenvalue weighted by Crippen LogP contribution is 2.46. The van der Waals surface area contributed by atoms with Crippen LogP contribution in [0.2, 0.25) is 0 Å². The van der Waals surface area contributed by atoms with Gasteiger partial charge >= 0.3 is 0 Å². The molecule has 28 heavy (non-hydrogen) atoms. The first-order chi connectivity index (χ1) is 13.5. The number of aliphatic hydroxyl groups is 1. The van der Waals surface area contributed by atoms with Crippen LogP contribution in [0.1, 0.15) is 66.3 Å². The van der Waals surface area contributed by atoms with E-state index in [1.807, 2.05) is 18.3 Å². The lowest BCUT2D eigenvalue weighted by atomic mass is 9.81. The summed E-state index contributed by atoms with van der Waals surface area (Å²) in [5, 5.41) is 12.0. The van der Waals surface area contributed by atoms with Gasteiger partial charge in [0, 0.05) is 21.9 Å². The Morgan fingerprint density at radius 1 is 1.14 bits per heavy atom. The molecule has 4 rings (SSSR count). The first kappa shape index (κ1) is 19.6. The fourth-order valence-electron chi connectivity index (χ4n) is 4.70. The van der Waals surface area contributed by atoms with Crippen molar-refractivity contribution in [2.24, 2.45) is 0 Å². The summed E-state index contributed by atoms with van der Waals surface area (Å²) in [6.45, 7) is 8.25. The van der Waals surface area contributed by atoms with Crippen molar-refractivity contribution in [1.82, 2.24) is 4.98 Å². The maximum absolute atomic E-state index is 10.7. The van der Waals surface area contributed by atoms with Crippen LogP contribution in [0.15, 0.2) is 24.3 Å². The summed E-state index contributed by atoms with van der Waals surface area (Å²) in [5.74, 6) is 0.0670. The standard InChI is InChI=1S/C25H30NOS/c1-5-8-19(17(4)27)22-16(3)26-25-24(20-9-6-7-10-21(20)28-25)23(22)18-13-11-15(2)12-14-18/h5,11-14,17,19,27H,6-10H2,1-4H3. The Morgan fingerprint density at radius 3 is 2.54 bits per heavy atom. The largest absolute Gasteiger partial charge is 0.393 e. The van der Waals surface area contributed by atoms with Crippen molar-refractivity contribution < 1.29 is 5.11 Å². The van der Waals surface area contributed by atoms with Crippen LogP contribution in [0.5, 0.6) is 0 Å². The first-order valence-electron chi connectivity index (χ1n) is 10.5. The molecular formula is C25H30NOS. The van der Waals surface area contributed by atoms with E-state index in [4.69, 9.17) is 4.98 Å². The number of hydrogen-bond donors (Lipinski definition) is 1.